The van der Waals surface area contributed by atoms with Crippen molar-refractivity contribution in [1.29, 1.82) is 0 Å². The molecule has 7 aliphatic rings. The average molecular weight is 1510 g/mol. The molecule has 3 saturated heterocycles. The van der Waals surface area contributed by atoms with Crippen LogP contribution in [0.25, 0.3) is 0 Å². The molecule has 7 rings (SSSR count). The molecule has 604 valence electrons. The minimum atomic E-state index is -4.43. The lowest BCUT2D eigenvalue weighted by atomic mass is 9.58. The van der Waals surface area contributed by atoms with Crippen molar-refractivity contribution in [2.75, 3.05) is 103 Å². The Morgan fingerprint density at radius 1 is 0.645 bits per heavy atom. The van der Waals surface area contributed by atoms with Crippen LogP contribution in [-0.2, 0) is 62.3 Å². The van der Waals surface area contributed by atoms with Gasteiger partial charge in [0.25, 0.3) is 0 Å². The lowest BCUT2D eigenvalue weighted by Crippen LogP contribution is -2.71. The van der Waals surface area contributed by atoms with Crippen LogP contribution in [0.15, 0.2) is 12.2 Å². The Morgan fingerprint density at radius 3 is 1.89 bits per heavy atom. The van der Waals surface area contributed by atoms with Gasteiger partial charge in [0.2, 0.25) is 70.9 Å². The summed E-state index contributed by atoms with van der Waals surface area (Å²) >= 11 is 0. The van der Waals surface area contributed by atoms with Crippen molar-refractivity contribution in [1.82, 2.24) is 64.9 Å². The summed E-state index contributed by atoms with van der Waals surface area (Å²) in [5, 5.41) is 9.00. The standard InChI is InChI=1S/C78H128F3N13O13/c1-18-26-56-67(98)83-65(48(6)19-2)73(104)88(13)45-64(97)90(15)57-27-24-23-25-37-93(72(57)103)61(40-50-29-33-53(34-30-50)78(79,80)81)71(102)87(12)44-62(95)82-55(35-31-49-28-32-52-36-38-86(11)58(52)39-49)69(100)94-43-54(107-22-5)41-59(94)68(99)84-77(46-76(7,8)47-77)75(106)92(17)66(51(20-3)21-4)74(105)91(16)60(70(101)85(9)10)42-63(96)89(56)14/h23-24,48-61,65-66H,18-22,25-47H2,1-17H3,(H,82,95)(H,83,98)(H,84,99)/b24-23-/t48-,49?,50?,52?,53?,54+,55-,56-,57-,58?,59-,60-,61-,65-,66-/m0/s1. The molecule has 0 radical (unpaired) electrons. The maximum Gasteiger partial charge on any atom is 0.391 e. The van der Waals surface area contributed by atoms with E-state index >= 15 is 28.8 Å². The van der Waals surface area contributed by atoms with E-state index in [-0.39, 0.29) is 103 Å². The second-order valence-corrected chi connectivity index (χ2v) is 33.3. The molecule has 12 amide bonds. The molecule has 26 nitrogen and oxygen atoms in total. The summed E-state index contributed by atoms with van der Waals surface area (Å²) in [6.45, 7) is 14.7. The Kier molecular flexibility index (Phi) is 30.7. The molecule has 2 bridgehead atoms. The third kappa shape index (κ3) is 21.0. The number of nitrogens with zero attached hydrogens (tertiary/aromatic N) is 10. The van der Waals surface area contributed by atoms with Gasteiger partial charge in [0, 0.05) is 88.5 Å². The van der Waals surface area contributed by atoms with Gasteiger partial charge in [-0.05, 0) is 152 Å². The molecule has 4 aliphatic heterocycles. The van der Waals surface area contributed by atoms with Crippen molar-refractivity contribution in [3.63, 3.8) is 0 Å². The second kappa shape index (κ2) is 37.7. The summed E-state index contributed by atoms with van der Waals surface area (Å²) in [5.74, 6) is -10.3. The van der Waals surface area contributed by atoms with E-state index in [4.69, 9.17) is 4.74 Å². The number of alkyl halides is 3. The molecule has 0 aromatic rings. The van der Waals surface area contributed by atoms with E-state index in [0.717, 1.165) is 42.0 Å². The number of carbonyl (C=O) groups excluding carboxylic acids is 12. The smallest absolute Gasteiger partial charge is 0.377 e. The summed E-state index contributed by atoms with van der Waals surface area (Å²) in [5.41, 5.74) is -2.12. The van der Waals surface area contributed by atoms with Crippen molar-refractivity contribution in [2.45, 2.75) is 269 Å². The van der Waals surface area contributed by atoms with Crippen LogP contribution in [0.4, 0.5) is 13.2 Å². The van der Waals surface area contributed by atoms with Crippen molar-refractivity contribution in [3.8, 4) is 0 Å². The van der Waals surface area contributed by atoms with Gasteiger partial charge in [-0.3, -0.25) is 57.5 Å². The number of hydrogen-bond acceptors (Lipinski definition) is 14. The van der Waals surface area contributed by atoms with Gasteiger partial charge in [0.15, 0.2) is 0 Å². The van der Waals surface area contributed by atoms with Gasteiger partial charge >= 0.3 is 6.18 Å². The van der Waals surface area contributed by atoms with Crippen LogP contribution >= 0.6 is 0 Å². The van der Waals surface area contributed by atoms with Gasteiger partial charge < -0.3 is 69.7 Å². The number of fused-ring (bicyclic) bond motifs is 4. The van der Waals surface area contributed by atoms with Crippen molar-refractivity contribution >= 4 is 70.9 Å². The number of likely N-dealkylation sites (tertiary alicyclic amines) is 1. The number of rotatable bonds is 15. The van der Waals surface area contributed by atoms with Crippen LogP contribution in [0, 0.1) is 40.9 Å². The number of halogens is 3. The molecule has 1 spiro atoms. The van der Waals surface area contributed by atoms with E-state index in [2.05, 4.69) is 27.9 Å². The van der Waals surface area contributed by atoms with Crippen LogP contribution in [0.2, 0.25) is 0 Å². The van der Waals surface area contributed by atoms with Crippen LogP contribution in [-0.4, -0.2) is 295 Å². The molecule has 3 aliphatic carbocycles. The second-order valence-electron chi connectivity index (χ2n) is 33.3. The normalized spacial score (nSPS) is 31.6. The molecule has 0 aromatic carbocycles. The molecular formula is C78H128F3N13O13. The Labute approximate surface area is 633 Å². The molecule has 6 fully saturated rings. The van der Waals surface area contributed by atoms with Crippen molar-refractivity contribution in [2.24, 2.45) is 40.9 Å². The molecular weight excluding hydrogens is 1380 g/mol. The fraction of sp³-hybridized carbons (Fsp3) is 0.821. The first-order valence-corrected chi connectivity index (χ1v) is 39.6. The highest BCUT2D eigenvalue weighted by molar-refractivity contribution is 6.01. The van der Waals surface area contributed by atoms with Gasteiger partial charge in [-0.25, -0.2) is 0 Å². The molecule has 107 heavy (non-hydrogen) atoms. The Balaban J connectivity index is 1.33. The third-order valence-corrected chi connectivity index (χ3v) is 25.0. The van der Waals surface area contributed by atoms with Gasteiger partial charge in [-0.15, -0.1) is 0 Å². The summed E-state index contributed by atoms with van der Waals surface area (Å²) < 4.78 is 48.7. The highest BCUT2D eigenvalue weighted by Gasteiger charge is 2.59. The SMILES string of the molecule is CCC[C@H]1C(=O)N[C@@H]([C@@H](C)CC)C(=O)N(C)CC(=O)N(C)[C@H]2C/C=C\CCN(C2=O)[C@@H](CC2CCC(C(F)(F)F)CC2)C(=O)N(C)CC(=O)N[C@@H](CCC2CCC3CCN(C)C3C2)C(=O)N2C[C@H](OCC)C[C@H]2C(=O)NC2(CC(C)(C)C2)C(=O)N(C)[C@@H](C(CC)CC)C(=O)N(C)[C@H](C(=O)N(C)C)CC(=O)N1C. The monoisotopic (exact) mass is 1510 g/mol. The maximum atomic E-state index is 15.8. The van der Waals surface area contributed by atoms with E-state index in [0.29, 0.717) is 44.1 Å². The minimum Gasteiger partial charge on any atom is -0.377 e. The predicted octanol–water partition coefficient (Wildman–Crippen LogP) is 5.84. The average Bonchev–Trinajstić information content (AvgIpc) is 0.776. The summed E-state index contributed by atoms with van der Waals surface area (Å²) in [6.07, 6.45) is 4.32. The van der Waals surface area contributed by atoms with Gasteiger partial charge in [0.05, 0.1) is 31.5 Å². The van der Waals surface area contributed by atoms with E-state index < -0.39 is 186 Å². The number of likely N-dealkylation sites (N-methyl/N-ethyl adjacent to an activating group) is 7. The molecule has 29 heteroatoms. The Morgan fingerprint density at radius 2 is 1.29 bits per heavy atom. The maximum absolute atomic E-state index is 15.8. The van der Waals surface area contributed by atoms with Crippen molar-refractivity contribution < 1.29 is 75.4 Å². The zero-order chi connectivity index (χ0) is 79.5. The van der Waals surface area contributed by atoms with E-state index in [9.17, 15) is 41.9 Å². The number of amides is 12. The lowest BCUT2D eigenvalue weighted by Gasteiger charge is -2.54. The largest absolute Gasteiger partial charge is 0.391 e. The fourth-order valence-corrected chi connectivity index (χ4v) is 18.4. The predicted molar refractivity (Wildman–Crippen MR) is 398 cm³/mol. The summed E-state index contributed by atoms with van der Waals surface area (Å²) in [6, 6.07) is -9.88. The number of nitrogens with one attached hydrogen (secondary N) is 3. The molecule has 3 unspecified atom stereocenters. The number of hydrogen-bond donors (Lipinski definition) is 3. The quantitative estimate of drug-likeness (QED) is 0.162. The first-order chi connectivity index (χ1) is 50.3. The first kappa shape index (κ1) is 87.3. The minimum absolute atomic E-state index is 0.0218. The van der Waals surface area contributed by atoms with E-state index in [1.165, 1.54) is 90.7 Å². The summed E-state index contributed by atoms with van der Waals surface area (Å²) in [7, 11) is 13.6. The molecule has 3 saturated carbocycles. The van der Waals surface area contributed by atoms with Crippen LogP contribution in [0.5, 0.6) is 0 Å². The molecule has 13 atom stereocenters. The Bertz CT molecular complexity index is 3190. The highest BCUT2D eigenvalue weighted by atomic mass is 19.4. The van der Waals surface area contributed by atoms with Crippen molar-refractivity contribution in [3.05, 3.63) is 12.2 Å². The number of ether oxygens (including phenoxy) is 1. The molecule has 3 N–H and O–H groups in total. The van der Waals surface area contributed by atoms with Crippen LogP contribution in [0.1, 0.15) is 197 Å². The van der Waals surface area contributed by atoms with Gasteiger partial charge in [0.1, 0.15) is 53.9 Å². The highest BCUT2D eigenvalue weighted by Crippen LogP contribution is 2.50. The van der Waals surface area contributed by atoms with Crippen LogP contribution in [0.3, 0.4) is 0 Å². The summed E-state index contributed by atoms with van der Waals surface area (Å²) in [4.78, 5) is 196. The van der Waals surface area contributed by atoms with E-state index in [1.807, 2.05) is 41.5 Å². The Hall–Kier alpha value is -6.91. The topological polar surface area (TPSA) is 283 Å². The zero-order valence-electron chi connectivity index (χ0n) is 67.1. The molecule has 0 aromatic heterocycles. The first-order valence-electron chi connectivity index (χ1n) is 39.6. The number of carbonyl (C=O) groups is 12. The fourth-order valence-electron chi connectivity index (χ4n) is 18.4. The molecule has 4 heterocycles. The lowest BCUT2D eigenvalue weighted by molar-refractivity contribution is -0.184. The van der Waals surface area contributed by atoms with Gasteiger partial charge in [-0.2, -0.15) is 13.2 Å². The zero-order valence-corrected chi connectivity index (χ0v) is 67.1. The van der Waals surface area contributed by atoms with Gasteiger partial charge in [-0.1, -0.05) is 92.7 Å². The van der Waals surface area contributed by atoms with E-state index in [1.54, 1.807) is 26.0 Å². The third-order valence-electron chi connectivity index (χ3n) is 25.0. The van der Waals surface area contributed by atoms with Crippen LogP contribution < -0.4 is 16.0 Å².